The largest absolute Gasteiger partial charge is 0.396 e. The predicted octanol–water partition coefficient (Wildman–Crippen LogP) is 2.16. The van der Waals surface area contributed by atoms with Crippen LogP contribution in [0.1, 0.15) is 6.42 Å². The second kappa shape index (κ2) is 4.40. The summed E-state index contributed by atoms with van der Waals surface area (Å²) in [6.07, 6.45) is 1.00. The Kier molecular flexibility index (Phi) is 2.90. The van der Waals surface area contributed by atoms with Crippen molar-refractivity contribution in [2.45, 2.75) is 6.42 Å². The van der Waals surface area contributed by atoms with Gasteiger partial charge in [-0.15, -0.1) is 0 Å². The minimum absolute atomic E-state index is 0.236. The Bertz CT molecular complexity index is 544. The van der Waals surface area contributed by atoms with Crippen LogP contribution in [0.3, 0.4) is 0 Å². The molecule has 1 saturated heterocycles. The monoisotopic (exact) mass is 269 g/mol. The van der Waals surface area contributed by atoms with E-state index in [2.05, 4.69) is 13.6 Å². The third-order valence-electron chi connectivity index (χ3n) is 3.21. The average Bonchev–Trinajstić information content (AvgIpc) is 2.96. The van der Waals surface area contributed by atoms with Crippen molar-refractivity contribution in [2.75, 3.05) is 24.6 Å². The lowest BCUT2D eigenvalue weighted by molar-refractivity contribution is 0.238. The van der Waals surface area contributed by atoms with Gasteiger partial charge in [0.1, 0.15) is 11.0 Å². The highest BCUT2D eigenvalue weighted by Crippen LogP contribution is 2.36. The van der Waals surface area contributed by atoms with Gasteiger partial charge in [0, 0.05) is 25.6 Å². The first kappa shape index (κ1) is 11.2. The Labute approximate surface area is 108 Å². The fourth-order valence-electron chi connectivity index (χ4n) is 2.30. The second-order valence-electron chi connectivity index (χ2n) is 4.31. The van der Waals surface area contributed by atoms with E-state index in [0.29, 0.717) is 10.9 Å². The molecule has 0 bridgehead atoms. The molecule has 6 heteroatoms. The molecule has 0 saturated carbocycles. The van der Waals surface area contributed by atoms with E-state index in [1.807, 2.05) is 12.1 Å². The molecule has 1 aromatic heterocycles. The standard InChI is InChI=1S/C11H12ClN3OS/c12-8-1-2-9-10(14-17-13-9)11(8)15-4-3-7(5-15)6-16/h1-2,7,16H,3-6H2. The lowest BCUT2D eigenvalue weighted by Gasteiger charge is -2.19. The Morgan fingerprint density at radius 2 is 2.35 bits per heavy atom. The summed E-state index contributed by atoms with van der Waals surface area (Å²) in [6, 6.07) is 3.76. The smallest absolute Gasteiger partial charge is 0.129 e. The quantitative estimate of drug-likeness (QED) is 0.908. The van der Waals surface area contributed by atoms with Crippen LogP contribution >= 0.6 is 23.3 Å². The van der Waals surface area contributed by atoms with E-state index in [-0.39, 0.29) is 6.61 Å². The van der Waals surface area contributed by atoms with Crippen molar-refractivity contribution in [3.05, 3.63) is 17.2 Å². The molecule has 1 N–H and O–H groups in total. The SMILES string of the molecule is OCC1CCN(c2c(Cl)ccc3nsnc23)C1. The summed E-state index contributed by atoms with van der Waals surface area (Å²) in [4.78, 5) is 2.20. The fourth-order valence-corrected chi connectivity index (χ4v) is 3.11. The van der Waals surface area contributed by atoms with Gasteiger partial charge in [0.2, 0.25) is 0 Å². The minimum Gasteiger partial charge on any atom is -0.396 e. The fraction of sp³-hybridized carbons (Fsp3) is 0.455. The number of rotatable bonds is 2. The van der Waals surface area contributed by atoms with Crippen molar-refractivity contribution < 1.29 is 5.11 Å². The zero-order valence-electron chi connectivity index (χ0n) is 9.14. The van der Waals surface area contributed by atoms with Crippen molar-refractivity contribution >= 4 is 40.0 Å². The van der Waals surface area contributed by atoms with Gasteiger partial charge in [-0.3, -0.25) is 0 Å². The van der Waals surface area contributed by atoms with E-state index in [0.717, 1.165) is 36.2 Å². The molecule has 0 aliphatic carbocycles. The molecule has 4 nitrogen and oxygen atoms in total. The number of fused-ring (bicyclic) bond motifs is 1. The maximum atomic E-state index is 9.19. The van der Waals surface area contributed by atoms with Gasteiger partial charge in [-0.05, 0) is 18.6 Å². The van der Waals surface area contributed by atoms with E-state index < -0.39 is 0 Å². The number of aliphatic hydroxyl groups excluding tert-OH is 1. The van der Waals surface area contributed by atoms with Gasteiger partial charge in [-0.2, -0.15) is 8.75 Å². The minimum atomic E-state index is 0.236. The normalized spacial score (nSPS) is 20.4. The maximum Gasteiger partial charge on any atom is 0.129 e. The average molecular weight is 270 g/mol. The van der Waals surface area contributed by atoms with E-state index in [1.165, 1.54) is 11.7 Å². The summed E-state index contributed by atoms with van der Waals surface area (Å²) in [7, 11) is 0. The lowest BCUT2D eigenvalue weighted by Crippen LogP contribution is -2.21. The van der Waals surface area contributed by atoms with Crippen molar-refractivity contribution in [3.63, 3.8) is 0 Å². The van der Waals surface area contributed by atoms with Crippen LogP contribution in [0.15, 0.2) is 12.1 Å². The van der Waals surface area contributed by atoms with Crippen LogP contribution in [-0.4, -0.2) is 33.6 Å². The molecule has 2 aromatic rings. The molecule has 1 aromatic carbocycles. The van der Waals surface area contributed by atoms with Crippen LogP contribution in [0, 0.1) is 5.92 Å². The molecule has 2 heterocycles. The van der Waals surface area contributed by atoms with Gasteiger partial charge >= 0.3 is 0 Å². The van der Waals surface area contributed by atoms with Gasteiger partial charge in [0.25, 0.3) is 0 Å². The zero-order chi connectivity index (χ0) is 11.8. The lowest BCUT2D eigenvalue weighted by atomic mass is 10.1. The third kappa shape index (κ3) is 1.88. The highest BCUT2D eigenvalue weighted by Gasteiger charge is 2.25. The summed E-state index contributed by atoms with van der Waals surface area (Å²) >= 11 is 7.47. The van der Waals surface area contributed by atoms with Crippen LogP contribution in [0.5, 0.6) is 0 Å². The van der Waals surface area contributed by atoms with Crippen molar-refractivity contribution in [1.82, 2.24) is 8.75 Å². The van der Waals surface area contributed by atoms with Gasteiger partial charge in [-0.1, -0.05) is 11.6 Å². The molecule has 17 heavy (non-hydrogen) atoms. The molecule has 0 amide bonds. The number of hydrogen-bond donors (Lipinski definition) is 1. The summed E-state index contributed by atoms with van der Waals surface area (Å²) in [5.74, 6) is 0.341. The topological polar surface area (TPSA) is 49.2 Å². The van der Waals surface area contributed by atoms with Crippen LogP contribution in [0.2, 0.25) is 5.02 Å². The number of hydrogen-bond acceptors (Lipinski definition) is 5. The predicted molar refractivity (Wildman–Crippen MR) is 69.8 cm³/mol. The number of benzene rings is 1. The molecular weight excluding hydrogens is 258 g/mol. The Balaban J connectivity index is 2.04. The number of nitrogens with zero attached hydrogens (tertiary/aromatic N) is 3. The van der Waals surface area contributed by atoms with E-state index >= 15 is 0 Å². The second-order valence-corrected chi connectivity index (χ2v) is 5.25. The van der Waals surface area contributed by atoms with E-state index in [9.17, 15) is 5.11 Å². The Hall–Kier alpha value is -0.910. The molecule has 90 valence electrons. The Morgan fingerprint density at radius 1 is 1.47 bits per heavy atom. The third-order valence-corrected chi connectivity index (χ3v) is 4.06. The van der Waals surface area contributed by atoms with Crippen LogP contribution in [0.4, 0.5) is 5.69 Å². The van der Waals surface area contributed by atoms with Crippen LogP contribution in [0.25, 0.3) is 11.0 Å². The summed E-state index contributed by atoms with van der Waals surface area (Å²) in [6.45, 7) is 1.99. The molecule has 1 unspecified atom stereocenters. The van der Waals surface area contributed by atoms with Gasteiger partial charge in [0.15, 0.2) is 0 Å². The van der Waals surface area contributed by atoms with Crippen molar-refractivity contribution in [1.29, 1.82) is 0 Å². The van der Waals surface area contributed by atoms with Crippen molar-refractivity contribution in [2.24, 2.45) is 5.92 Å². The van der Waals surface area contributed by atoms with Gasteiger partial charge in [0.05, 0.1) is 22.4 Å². The van der Waals surface area contributed by atoms with Crippen LogP contribution < -0.4 is 4.90 Å². The molecular formula is C11H12ClN3OS. The maximum absolute atomic E-state index is 9.19. The molecule has 1 fully saturated rings. The number of aromatic nitrogens is 2. The first-order valence-corrected chi connectivity index (χ1v) is 6.67. The molecule has 1 aliphatic heterocycles. The summed E-state index contributed by atoms with van der Waals surface area (Å²) < 4.78 is 8.54. The van der Waals surface area contributed by atoms with E-state index in [4.69, 9.17) is 11.6 Å². The van der Waals surface area contributed by atoms with E-state index in [1.54, 1.807) is 0 Å². The highest BCUT2D eigenvalue weighted by molar-refractivity contribution is 7.00. The van der Waals surface area contributed by atoms with Gasteiger partial charge in [-0.25, -0.2) is 0 Å². The highest BCUT2D eigenvalue weighted by atomic mass is 35.5. The molecule has 0 spiro atoms. The molecule has 0 radical (unpaired) electrons. The number of halogens is 1. The Morgan fingerprint density at radius 3 is 3.12 bits per heavy atom. The van der Waals surface area contributed by atoms with Gasteiger partial charge < -0.3 is 10.0 Å². The summed E-state index contributed by atoms with van der Waals surface area (Å²) in [5, 5.41) is 9.90. The zero-order valence-corrected chi connectivity index (χ0v) is 10.7. The number of anilines is 1. The molecule has 3 rings (SSSR count). The first-order valence-electron chi connectivity index (χ1n) is 5.56. The summed E-state index contributed by atoms with van der Waals surface area (Å²) in [5.41, 5.74) is 2.73. The molecule has 1 aliphatic rings. The number of aliphatic hydroxyl groups is 1. The molecule has 1 atom stereocenters. The van der Waals surface area contributed by atoms with Crippen LogP contribution in [-0.2, 0) is 0 Å². The van der Waals surface area contributed by atoms with Crippen molar-refractivity contribution in [3.8, 4) is 0 Å². The first-order chi connectivity index (χ1) is 8.29.